The number of hydrazine groups is 1. The van der Waals surface area contributed by atoms with E-state index < -0.39 is 0 Å². The maximum absolute atomic E-state index is 5.56. The van der Waals surface area contributed by atoms with E-state index in [1.807, 2.05) is 11.7 Å². The van der Waals surface area contributed by atoms with Crippen LogP contribution in [0.25, 0.3) is 0 Å². The molecule has 7 heteroatoms. The van der Waals surface area contributed by atoms with Gasteiger partial charge in [0.25, 0.3) is 0 Å². The molecule has 92 valence electrons. The minimum Gasteiger partial charge on any atom is -0.272 e. The first-order chi connectivity index (χ1) is 8.24. The van der Waals surface area contributed by atoms with Crippen LogP contribution in [0.5, 0.6) is 0 Å². The molecule has 0 radical (unpaired) electrons. The van der Waals surface area contributed by atoms with Crippen LogP contribution >= 0.6 is 11.7 Å². The Morgan fingerprint density at radius 3 is 2.94 bits per heavy atom. The summed E-state index contributed by atoms with van der Waals surface area (Å²) in [5, 5.41) is 4.41. The van der Waals surface area contributed by atoms with Gasteiger partial charge in [0.05, 0.1) is 35.4 Å². The zero-order chi connectivity index (χ0) is 12.3. The third-order valence-corrected chi connectivity index (χ3v) is 3.23. The molecule has 0 saturated heterocycles. The van der Waals surface area contributed by atoms with Gasteiger partial charge >= 0.3 is 0 Å². The summed E-state index contributed by atoms with van der Waals surface area (Å²) in [5.41, 5.74) is 5.87. The van der Waals surface area contributed by atoms with Crippen LogP contribution in [0.2, 0.25) is 0 Å². The Kier molecular flexibility index (Phi) is 3.82. The van der Waals surface area contributed by atoms with E-state index in [0.29, 0.717) is 0 Å². The molecule has 0 aliphatic carbocycles. The standard InChI is InChI=1S/C10H16N6S/c1-3-7-4-8(16(2)14-7)5-9(13-11)10-6-12-17-15-10/h4,6,9,13H,3,5,11H2,1-2H3. The smallest absolute Gasteiger partial charge is 0.0929 e. The van der Waals surface area contributed by atoms with E-state index in [9.17, 15) is 0 Å². The van der Waals surface area contributed by atoms with E-state index in [1.165, 1.54) is 11.7 Å². The molecular formula is C10H16N6S. The SMILES string of the molecule is CCc1cc(CC(NN)c2cnsn2)n(C)n1. The van der Waals surface area contributed by atoms with Crippen LogP contribution in [-0.2, 0) is 19.9 Å². The van der Waals surface area contributed by atoms with Crippen LogP contribution in [0.4, 0.5) is 0 Å². The van der Waals surface area contributed by atoms with Crippen molar-refractivity contribution in [3.8, 4) is 0 Å². The van der Waals surface area contributed by atoms with Gasteiger partial charge in [0, 0.05) is 19.2 Å². The second kappa shape index (κ2) is 5.35. The highest BCUT2D eigenvalue weighted by atomic mass is 32.1. The van der Waals surface area contributed by atoms with E-state index in [1.54, 1.807) is 6.20 Å². The molecule has 0 spiro atoms. The van der Waals surface area contributed by atoms with Crippen LogP contribution < -0.4 is 11.3 Å². The molecule has 6 nitrogen and oxygen atoms in total. The summed E-state index contributed by atoms with van der Waals surface area (Å²) < 4.78 is 10.1. The lowest BCUT2D eigenvalue weighted by atomic mass is 10.1. The Morgan fingerprint density at radius 2 is 2.41 bits per heavy atom. The predicted molar refractivity (Wildman–Crippen MR) is 66.3 cm³/mol. The van der Waals surface area contributed by atoms with Gasteiger partial charge in [0.15, 0.2) is 0 Å². The lowest BCUT2D eigenvalue weighted by Gasteiger charge is -2.12. The quantitative estimate of drug-likeness (QED) is 0.601. The van der Waals surface area contributed by atoms with Crippen LogP contribution in [0.3, 0.4) is 0 Å². The van der Waals surface area contributed by atoms with Crippen molar-refractivity contribution in [2.24, 2.45) is 12.9 Å². The van der Waals surface area contributed by atoms with Gasteiger partial charge in [-0.25, -0.2) is 0 Å². The molecule has 0 bridgehead atoms. The fourth-order valence-corrected chi connectivity index (χ4v) is 2.19. The van der Waals surface area contributed by atoms with Crippen molar-refractivity contribution >= 4 is 11.7 Å². The summed E-state index contributed by atoms with van der Waals surface area (Å²) in [6.45, 7) is 2.09. The predicted octanol–water partition coefficient (Wildman–Crippen LogP) is 0.581. The van der Waals surface area contributed by atoms with Gasteiger partial charge in [-0.05, 0) is 12.5 Å². The van der Waals surface area contributed by atoms with Crippen LogP contribution in [0.1, 0.15) is 30.0 Å². The van der Waals surface area contributed by atoms with Crippen molar-refractivity contribution < 1.29 is 0 Å². The summed E-state index contributed by atoms with van der Waals surface area (Å²) in [6.07, 6.45) is 3.44. The Hall–Kier alpha value is -1.31. The van der Waals surface area contributed by atoms with Crippen molar-refractivity contribution in [2.75, 3.05) is 0 Å². The minimum atomic E-state index is -0.0196. The molecule has 2 rings (SSSR count). The third-order valence-electron chi connectivity index (χ3n) is 2.74. The largest absolute Gasteiger partial charge is 0.272 e. The van der Waals surface area contributed by atoms with Gasteiger partial charge < -0.3 is 0 Å². The summed E-state index contributed by atoms with van der Waals surface area (Å²) >= 11 is 1.19. The minimum absolute atomic E-state index is 0.0196. The summed E-state index contributed by atoms with van der Waals surface area (Å²) in [6, 6.07) is 2.08. The second-order valence-electron chi connectivity index (χ2n) is 3.86. The molecule has 0 saturated carbocycles. The summed E-state index contributed by atoms with van der Waals surface area (Å²) in [4.78, 5) is 0. The van der Waals surface area contributed by atoms with Crippen LogP contribution in [-0.4, -0.2) is 18.5 Å². The molecule has 0 aromatic carbocycles. The molecule has 1 atom stereocenters. The van der Waals surface area contributed by atoms with Gasteiger partial charge in [-0.3, -0.25) is 16.0 Å². The first-order valence-electron chi connectivity index (χ1n) is 5.50. The van der Waals surface area contributed by atoms with E-state index in [4.69, 9.17) is 5.84 Å². The average Bonchev–Trinajstić information content (AvgIpc) is 2.96. The Morgan fingerprint density at radius 1 is 1.59 bits per heavy atom. The fourth-order valence-electron chi connectivity index (χ4n) is 1.72. The molecule has 17 heavy (non-hydrogen) atoms. The van der Waals surface area contributed by atoms with E-state index in [2.05, 4.69) is 32.3 Å². The number of nitrogens with zero attached hydrogens (tertiary/aromatic N) is 4. The van der Waals surface area contributed by atoms with Gasteiger partial charge in [-0.1, -0.05) is 6.92 Å². The van der Waals surface area contributed by atoms with Crippen LogP contribution in [0.15, 0.2) is 12.3 Å². The van der Waals surface area contributed by atoms with Crippen molar-refractivity contribution in [1.82, 2.24) is 24.0 Å². The molecule has 2 heterocycles. The number of hydrogen-bond donors (Lipinski definition) is 2. The first kappa shape index (κ1) is 12.2. The monoisotopic (exact) mass is 252 g/mol. The van der Waals surface area contributed by atoms with Crippen molar-refractivity contribution in [2.45, 2.75) is 25.8 Å². The number of rotatable bonds is 5. The topological polar surface area (TPSA) is 81.6 Å². The number of hydrogen-bond acceptors (Lipinski definition) is 6. The fraction of sp³-hybridized carbons (Fsp3) is 0.500. The highest BCUT2D eigenvalue weighted by Crippen LogP contribution is 2.16. The molecular weight excluding hydrogens is 236 g/mol. The van der Waals surface area contributed by atoms with E-state index in [-0.39, 0.29) is 6.04 Å². The highest BCUT2D eigenvalue weighted by molar-refractivity contribution is 6.99. The van der Waals surface area contributed by atoms with Gasteiger partial charge in [-0.2, -0.15) is 13.8 Å². The molecule has 0 aliphatic heterocycles. The Bertz CT molecular complexity index is 463. The van der Waals surface area contributed by atoms with Crippen molar-refractivity contribution in [3.63, 3.8) is 0 Å². The lowest BCUT2D eigenvalue weighted by Crippen LogP contribution is -2.30. The number of nitrogens with two attached hydrogens (primary N) is 1. The lowest BCUT2D eigenvalue weighted by molar-refractivity contribution is 0.521. The third kappa shape index (κ3) is 2.68. The van der Waals surface area contributed by atoms with Crippen LogP contribution in [0, 0.1) is 0 Å². The molecule has 2 aromatic rings. The van der Waals surface area contributed by atoms with Crippen molar-refractivity contribution in [3.05, 3.63) is 29.3 Å². The second-order valence-corrected chi connectivity index (χ2v) is 4.42. The zero-order valence-corrected chi connectivity index (χ0v) is 10.7. The number of aromatic nitrogens is 4. The van der Waals surface area contributed by atoms with Gasteiger partial charge in [0.2, 0.25) is 0 Å². The van der Waals surface area contributed by atoms with E-state index in [0.717, 1.165) is 29.9 Å². The maximum atomic E-state index is 5.56. The molecule has 3 N–H and O–H groups in total. The maximum Gasteiger partial charge on any atom is 0.0929 e. The highest BCUT2D eigenvalue weighted by Gasteiger charge is 2.16. The summed E-state index contributed by atoms with van der Waals surface area (Å²) in [7, 11) is 1.95. The first-order valence-corrected chi connectivity index (χ1v) is 6.23. The molecule has 2 aromatic heterocycles. The molecule has 0 aliphatic rings. The number of nitrogens with one attached hydrogen (secondary N) is 1. The summed E-state index contributed by atoms with van der Waals surface area (Å²) in [5.74, 6) is 5.56. The average molecular weight is 252 g/mol. The molecule has 0 amide bonds. The Balaban J connectivity index is 2.15. The number of aryl methyl sites for hydroxylation is 2. The Labute approximate surface area is 104 Å². The van der Waals surface area contributed by atoms with Gasteiger partial charge in [0.1, 0.15) is 0 Å². The normalized spacial score (nSPS) is 12.9. The molecule has 0 fully saturated rings. The van der Waals surface area contributed by atoms with Crippen molar-refractivity contribution in [1.29, 1.82) is 0 Å². The van der Waals surface area contributed by atoms with Gasteiger partial charge in [-0.15, -0.1) is 0 Å². The zero-order valence-electron chi connectivity index (χ0n) is 9.92. The van der Waals surface area contributed by atoms with E-state index >= 15 is 0 Å². The molecule has 1 unspecified atom stereocenters.